The zero-order valence-corrected chi connectivity index (χ0v) is 14.8. The van der Waals surface area contributed by atoms with Gasteiger partial charge in [0.15, 0.2) is 0 Å². The van der Waals surface area contributed by atoms with Gasteiger partial charge in [-0.2, -0.15) is 0 Å². The lowest BCUT2D eigenvalue weighted by Gasteiger charge is -2.43. The highest BCUT2D eigenvalue weighted by atomic mass is 16.5. The first-order valence-electron chi connectivity index (χ1n) is 9.43. The SMILES string of the molecule is COc1cccc([C@H]2Nc3ccc(C(=O)O)cc3[C@H]3[C@H]4CC[C@@H](C4)[C@H]32)c1. The van der Waals surface area contributed by atoms with Gasteiger partial charge < -0.3 is 15.2 Å². The minimum Gasteiger partial charge on any atom is -0.497 e. The van der Waals surface area contributed by atoms with Gasteiger partial charge in [0.2, 0.25) is 0 Å². The third-order valence-electron chi connectivity index (χ3n) is 6.79. The number of methoxy groups -OCH3 is 1. The molecule has 2 aromatic rings. The Morgan fingerprint density at radius 3 is 2.81 bits per heavy atom. The Bertz CT molecular complexity index is 877. The van der Waals surface area contributed by atoms with E-state index in [2.05, 4.69) is 23.5 Å². The van der Waals surface area contributed by atoms with Crippen LogP contribution in [0.15, 0.2) is 42.5 Å². The van der Waals surface area contributed by atoms with Gasteiger partial charge in [0.1, 0.15) is 5.75 Å². The number of rotatable bonds is 3. The zero-order chi connectivity index (χ0) is 17.8. The maximum absolute atomic E-state index is 11.5. The fourth-order valence-corrected chi connectivity index (χ4v) is 5.78. The van der Waals surface area contributed by atoms with Crippen LogP contribution in [-0.2, 0) is 0 Å². The van der Waals surface area contributed by atoms with E-state index in [1.54, 1.807) is 13.2 Å². The topological polar surface area (TPSA) is 58.6 Å². The first kappa shape index (κ1) is 15.7. The fraction of sp³-hybridized carbons (Fsp3) is 0.409. The van der Waals surface area contributed by atoms with Crippen LogP contribution < -0.4 is 10.1 Å². The van der Waals surface area contributed by atoms with Crippen LogP contribution in [-0.4, -0.2) is 18.2 Å². The minimum absolute atomic E-state index is 0.258. The van der Waals surface area contributed by atoms with Crippen LogP contribution in [0.1, 0.15) is 52.7 Å². The number of hydrogen-bond acceptors (Lipinski definition) is 3. The molecule has 0 aromatic heterocycles. The van der Waals surface area contributed by atoms with Crippen LogP contribution in [0.5, 0.6) is 5.75 Å². The first-order valence-corrected chi connectivity index (χ1v) is 9.43. The molecule has 5 atom stereocenters. The molecule has 0 unspecified atom stereocenters. The molecule has 4 heteroatoms. The van der Waals surface area contributed by atoms with E-state index in [1.807, 2.05) is 18.2 Å². The number of anilines is 1. The van der Waals surface area contributed by atoms with Crippen molar-refractivity contribution in [2.24, 2.45) is 17.8 Å². The average molecular weight is 349 g/mol. The summed E-state index contributed by atoms with van der Waals surface area (Å²) in [6.45, 7) is 0. The summed E-state index contributed by atoms with van der Waals surface area (Å²) >= 11 is 0. The van der Waals surface area contributed by atoms with Crippen LogP contribution >= 0.6 is 0 Å². The molecule has 5 rings (SSSR count). The smallest absolute Gasteiger partial charge is 0.335 e. The maximum Gasteiger partial charge on any atom is 0.335 e. The second-order valence-electron chi connectivity index (χ2n) is 7.94. The number of benzene rings is 2. The molecule has 0 amide bonds. The van der Waals surface area contributed by atoms with Crippen molar-refractivity contribution in [1.29, 1.82) is 0 Å². The summed E-state index contributed by atoms with van der Waals surface area (Å²) < 4.78 is 5.44. The molecule has 2 saturated carbocycles. The van der Waals surface area contributed by atoms with Crippen molar-refractivity contribution in [2.45, 2.75) is 31.2 Å². The standard InChI is InChI=1S/C22H23NO3/c1-26-16-4-2-3-14(10-16)21-20-13-6-5-12(9-13)19(20)17-11-15(22(24)25)7-8-18(17)23-21/h2-4,7-8,10-13,19-21,23H,5-6,9H2,1H3,(H,24,25)/t12-,13-,19+,20+,21+/m0/s1. The summed E-state index contributed by atoms with van der Waals surface area (Å²) in [5.41, 5.74) is 3.96. The van der Waals surface area contributed by atoms with Gasteiger partial charge in [-0.25, -0.2) is 4.79 Å². The lowest BCUT2D eigenvalue weighted by molar-refractivity contribution is 0.0696. The van der Waals surface area contributed by atoms with Crippen molar-refractivity contribution < 1.29 is 14.6 Å². The Labute approximate surface area is 153 Å². The molecule has 0 radical (unpaired) electrons. The molecule has 3 aliphatic rings. The number of ether oxygens (including phenoxy) is 1. The van der Waals surface area contributed by atoms with Gasteiger partial charge in [0, 0.05) is 5.69 Å². The lowest BCUT2D eigenvalue weighted by atomic mass is 9.68. The van der Waals surface area contributed by atoms with Crippen LogP contribution in [0.4, 0.5) is 5.69 Å². The van der Waals surface area contributed by atoms with Crippen LogP contribution in [0, 0.1) is 17.8 Å². The molecule has 134 valence electrons. The van der Waals surface area contributed by atoms with E-state index < -0.39 is 5.97 Å². The van der Waals surface area contributed by atoms with E-state index in [4.69, 9.17) is 4.74 Å². The molecule has 1 aliphatic heterocycles. The first-order chi connectivity index (χ1) is 12.7. The Balaban J connectivity index is 1.62. The second-order valence-corrected chi connectivity index (χ2v) is 7.94. The molecular weight excluding hydrogens is 326 g/mol. The second kappa shape index (κ2) is 5.76. The average Bonchev–Trinajstić information content (AvgIpc) is 3.29. The van der Waals surface area contributed by atoms with Gasteiger partial charge in [-0.15, -0.1) is 0 Å². The summed E-state index contributed by atoms with van der Waals surface area (Å²) in [6, 6.07) is 14.2. The van der Waals surface area contributed by atoms with Gasteiger partial charge >= 0.3 is 5.97 Å². The van der Waals surface area contributed by atoms with E-state index in [0.29, 0.717) is 23.3 Å². The van der Waals surface area contributed by atoms with Crippen molar-refractivity contribution in [2.75, 3.05) is 12.4 Å². The number of aromatic carboxylic acids is 1. The summed E-state index contributed by atoms with van der Waals surface area (Å²) in [7, 11) is 1.70. The van der Waals surface area contributed by atoms with E-state index in [9.17, 15) is 9.90 Å². The Morgan fingerprint density at radius 1 is 1.15 bits per heavy atom. The third-order valence-corrected chi connectivity index (χ3v) is 6.79. The monoisotopic (exact) mass is 349 g/mol. The van der Waals surface area contributed by atoms with Crippen molar-refractivity contribution in [3.05, 3.63) is 59.2 Å². The maximum atomic E-state index is 11.5. The van der Waals surface area contributed by atoms with Gasteiger partial charge in [0.25, 0.3) is 0 Å². The highest BCUT2D eigenvalue weighted by Crippen LogP contribution is 2.63. The summed E-state index contributed by atoms with van der Waals surface area (Å²) in [6.07, 6.45) is 3.84. The predicted octanol–water partition coefficient (Wildman–Crippen LogP) is 4.69. The Kier molecular flexibility index (Phi) is 3.49. The predicted molar refractivity (Wildman–Crippen MR) is 99.8 cm³/mol. The van der Waals surface area contributed by atoms with E-state index >= 15 is 0 Å². The van der Waals surface area contributed by atoms with Gasteiger partial charge in [-0.3, -0.25) is 0 Å². The number of carbonyl (C=O) groups is 1. The summed E-state index contributed by atoms with van der Waals surface area (Å²) in [5.74, 6) is 2.43. The van der Waals surface area contributed by atoms with Gasteiger partial charge in [-0.05, 0) is 84.4 Å². The van der Waals surface area contributed by atoms with Crippen molar-refractivity contribution in [3.8, 4) is 5.75 Å². The van der Waals surface area contributed by atoms with Gasteiger partial charge in [0.05, 0.1) is 18.7 Å². The molecule has 0 saturated heterocycles. The molecule has 4 nitrogen and oxygen atoms in total. The molecule has 2 bridgehead atoms. The van der Waals surface area contributed by atoms with Crippen LogP contribution in [0.3, 0.4) is 0 Å². The quantitative estimate of drug-likeness (QED) is 0.844. The molecule has 2 aromatic carbocycles. The van der Waals surface area contributed by atoms with Gasteiger partial charge in [-0.1, -0.05) is 12.1 Å². The zero-order valence-electron chi connectivity index (χ0n) is 14.8. The highest BCUT2D eigenvalue weighted by molar-refractivity contribution is 5.88. The van der Waals surface area contributed by atoms with Crippen molar-refractivity contribution in [3.63, 3.8) is 0 Å². The lowest BCUT2D eigenvalue weighted by Crippen LogP contribution is -2.35. The third kappa shape index (κ3) is 2.24. The Hall–Kier alpha value is -2.49. The van der Waals surface area contributed by atoms with E-state index in [-0.39, 0.29) is 6.04 Å². The molecular formula is C22H23NO3. The highest BCUT2D eigenvalue weighted by Gasteiger charge is 2.53. The van der Waals surface area contributed by atoms with E-state index in [1.165, 1.54) is 30.4 Å². The normalized spacial score (nSPS) is 31.0. The number of nitrogens with one attached hydrogen (secondary N) is 1. The number of hydrogen-bond donors (Lipinski definition) is 2. The van der Waals surface area contributed by atoms with Crippen LogP contribution in [0.2, 0.25) is 0 Å². The minimum atomic E-state index is -0.845. The fourth-order valence-electron chi connectivity index (χ4n) is 5.78. The molecule has 2 aliphatic carbocycles. The van der Waals surface area contributed by atoms with Crippen molar-refractivity contribution in [1.82, 2.24) is 0 Å². The van der Waals surface area contributed by atoms with Crippen LogP contribution in [0.25, 0.3) is 0 Å². The summed E-state index contributed by atoms with van der Waals surface area (Å²) in [5, 5.41) is 13.2. The molecule has 2 fully saturated rings. The number of carboxylic acid groups (broad SMARTS) is 1. The Morgan fingerprint density at radius 2 is 2.00 bits per heavy atom. The molecule has 1 heterocycles. The van der Waals surface area contributed by atoms with Crippen molar-refractivity contribution >= 4 is 11.7 Å². The summed E-state index contributed by atoms with van der Waals surface area (Å²) in [4.78, 5) is 11.5. The van der Waals surface area contributed by atoms with E-state index in [0.717, 1.165) is 17.4 Å². The molecule has 0 spiro atoms. The molecule has 26 heavy (non-hydrogen) atoms. The molecule has 2 N–H and O–H groups in total. The number of carboxylic acids is 1. The largest absolute Gasteiger partial charge is 0.497 e. The number of fused-ring (bicyclic) bond motifs is 7.